The lowest BCUT2D eigenvalue weighted by atomic mass is 10.0. The highest BCUT2D eigenvalue weighted by molar-refractivity contribution is 6.14. The molecule has 1 aliphatic carbocycles. The summed E-state index contributed by atoms with van der Waals surface area (Å²) in [5.41, 5.74) is 11.2. The summed E-state index contributed by atoms with van der Waals surface area (Å²) in [6, 6.07) is 17.6. The zero-order valence-electron chi connectivity index (χ0n) is 12.1. The fourth-order valence-electron chi connectivity index (χ4n) is 3.32. The van der Waals surface area contributed by atoms with E-state index in [1.807, 2.05) is 12.1 Å². The molecule has 108 valence electrons. The number of carbonyl (C=O) groups is 1. The van der Waals surface area contributed by atoms with Gasteiger partial charge in [0, 0.05) is 22.1 Å². The number of aromatic nitrogens is 2. The van der Waals surface area contributed by atoms with Crippen molar-refractivity contribution in [2.75, 3.05) is 0 Å². The Kier molecular flexibility index (Phi) is 2.21. The number of nitrogens with two attached hydrogens (primary N) is 1. The van der Waals surface area contributed by atoms with Gasteiger partial charge in [0.25, 0.3) is 0 Å². The molecule has 1 heterocycles. The Balaban J connectivity index is 1.90. The zero-order chi connectivity index (χ0) is 15.6. The molecule has 0 aliphatic heterocycles. The van der Waals surface area contributed by atoms with Crippen molar-refractivity contribution in [2.24, 2.45) is 5.73 Å². The van der Waals surface area contributed by atoms with Crippen LogP contribution in [0.1, 0.15) is 10.4 Å². The molecular formula is C19H11N3O. The summed E-state index contributed by atoms with van der Waals surface area (Å²) in [5.74, 6) is -0.459. The van der Waals surface area contributed by atoms with Gasteiger partial charge in [-0.25, -0.2) is 9.97 Å². The maximum atomic E-state index is 11.4. The number of fused-ring (bicyclic) bond motifs is 4. The maximum absolute atomic E-state index is 11.4. The van der Waals surface area contributed by atoms with Gasteiger partial charge >= 0.3 is 0 Å². The average Bonchev–Trinajstić information content (AvgIpc) is 2.88. The predicted molar refractivity (Wildman–Crippen MR) is 90.0 cm³/mol. The van der Waals surface area contributed by atoms with Crippen LogP contribution in [0.15, 0.2) is 54.6 Å². The first kappa shape index (κ1) is 12.3. The maximum Gasteiger partial charge on any atom is 0.248 e. The van der Waals surface area contributed by atoms with Crippen LogP contribution >= 0.6 is 0 Å². The molecule has 0 atom stereocenters. The minimum atomic E-state index is -0.459. The Morgan fingerprint density at radius 1 is 0.826 bits per heavy atom. The number of primary amides is 1. The fraction of sp³-hybridized carbons (Fsp3) is 0. The number of hydrogen-bond acceptors (Lipinski definition) is 3. The second-order valence-corrected chi connectivity index (χ2v) is 5.70. The van der Waals surface area contributed by atoms with E-state index in [0.717, 1.165) is 28.0 Å². The van der Waals surface area contributed by atoms with E-state index in [9.17, 15) is 4.79 Å². The molecule has 0 saturated carbocycles. The molecule has 0 radical (unpaired) electrons. The molecule has 0 unspecified atom stereocenters. The van der Waals surface area contributed by atoms with E-state index < -0.39 is 5.91 Å². The van der Waals surface area contributed by atoms with Gasteiger partial charge in [0.15, 0.2) is 0 Å². The highest BCUT2D eigenvalue weighted by atomic mass is 16.1. The van der Waals surface area contributed by atoms with E-state index in [2.05, 4.69) is 24.3 Å². The van der Waals surface area contributed by atoms with Gasteiger partial charge in [-0.05, 0) is 23.6 Å². The Hall–Kier alpha value is -3.27. The standard InChI is InChI=1S/C19H11N3O/c20-19(23)11-7-8-14-15(9-11)22-18-13-6-2-4-10-3-1-5-12(16(10)13)17(18)21-14/h1-9H,(H2,20,23). The molecule has 3 aromatic carbocycles. The SMILES string of the molecule is NC(=O)c1ccc2nc3c(nc2c1)-c1cccc2cccc-3c12. The molecule has 5 rings (SSSR count). The molecule has 4 heteroatoms. The van der Waals surface area contributed by atoms with Crippen LogP contribution in [0.5, 0.6) is 0 Å². The van der Waals surface area contributed by atoms with Crippen LogP contribution in [0.4, 0.5) is 0 Å². The zero-order valence-corrected chi connectivity index (χ0v) is 12.1. The summed E-state index contributed by atoms with van der Waals surface area (Å²) < 4.78 is 0. The normalized spacial score (nSPS) is 11.8. The average molecular weight is 297 g/mol. The molecule has 1 amide bonds. The minimum Gasteiger partial charge on any atom is -0.366 e. The van der Waals surface area contributed by atoms with E-state index >= 15 is 0 Å². The summed E-state index contributed by atoms with van der Waals surface area (Å²) in [5, 5.41) is 2.37. The molecule has 0 bridgehead atoms. The lowest BCUT2D eigenvalue weighted by Gasteiger charge is -2.04. The van der Waals surface area contributed by atoms with E-state index in [1.165, 1.54) is 10.8 Å². The Morgan fingerprint density at radius 2 is 1.48 bits per heavy atom. The summed E-state index contributed by atoms with van der Waals surface area (Å²) in [6.45, 7) is 0. The van der Waals surface area contributed by atoms with Crippen molar-refractivity contribution in [2.45, 2.75) is 0 Å². The molecule has 1 aromatic heterocycles. The van der Waals surface area contributed by atoms with Crippen LogP contribution < -0.4 is 5.73 Å². The summed E-state index contributed by atoms with van der Waals surface area (Å²) in [6.07, 6.45) is 0. The fourth-order valence-corrected chi connectivity index (χ4v) is 3.32. The van der Waals surface area contributed by atoms with Crippen molar-refractivity contribution in [3.63, 3.8) is 0 Å². The number of benzene rings is 3. The van der Waals surface area contributed by atoms with E-state index in [4.69, 9.17) is 15.7 Å². The van der Waals surface area contributed by atoms with Gasteiger partial charge in [-0.1, -0.05) is 36.4 Å². The van der Waals surface area contributed by atoms with Crippen LogP contribution in [0.3, 0.4) is 0 Å². The van der Waals surface area contributed by atoms with Crippen molar-refractivity contribution in [1.82, 2.24) is 9.97 Å². The van der Waals surface area contributed by atoms with Crippen LogP contribution in [0.25, 0.3) is 44.3 Å². The van der Waals surface area contributed by atoms with E-state index in [1.54, 1.807) is 18.2 Å². The Labute approximate surface area is 131 Å². The van der Waals surface area contributed by atoms with E-state index in [-0.39, 0.29) is 0 Å². The first-order valence-electron chi connectivity index (χ1n) is 7.36. The monoisotopic (exact) mass is 297 g/mol. The van der Waals surface area contributed by atoms with Gasteiger partial charge in [0.05, 0.1) is 22.4 Å². The molecule has 0 saturated heterocycles. The number of carbonyl (C=O) groups excluding carboxylic acids is 1. The van der Waals surface area contributed by atoms with Gasteiger partial charge in [-0.2, -0.15) is 0 Å². The van der Waals surface area contributed by atoms with Crippen molar-refractivity contribution in [3.05, 3.63) is 60.2 Å². The predicted octanol–water partition coefficient (Wildman–Crippen LogP) is 3.53. The first-order chi connectivity index (χ1) is 11.2. The third-order valence-corrected chi connectivity index (χ3v) is 4.36. The lowest BCUT2D eigenvalue weighted by Crippen LogP contribution is -2.10. The third kappa shape index (κ3) is 1.57. The van der Waals surface area contributed by atoms with Gasteiger partial charge in [0.1, 0.15) is 0 Å². The van der Waals surface area contributed by atoms with Crippen molar-refractivity contribution in [1.29, 1.82) is 0 Å². The summed E-state index contributed by atoms with van der Waals surface area (Å²) in [7, 11) is 0. The van der Waals surface area contributed by atoms with Crippen LogP contribution in [0, 0.1) is 0 Å². The minimum absolute atomic E-state index is 0.445. The molecule has 0 spiro atoms. The smallest absolute Gasteiger partial charge is 0.248 e. The summed E-state index contributed by atoms with van der Waals surface area (Å²) in [4.78, 5) is 20.9. The molecular weight excluding hydrogens is 286 g/mol. The molecule has 4 aromatic rings. The molecule has 2 N–H and O–H groups in total. The Bertz CT molecular complexity index is 1140. The van der Waals surface area contributed by atoms with Gasteiger partial charge in [-0.15, -0.1) is 0 Å². The highest BCUT2D eigenvalue weighted by Crippen LogP contribution is 2.45. The largest absolute Gasteiger partial charge is 0.366 e. The molecule has 1 aliphatic rings. The lowest BCUT2D eigenvalue weighted by molar-refractivity contribution is 0.100. The molecule has 0 fully saturated rings. The molecule has 4 nitrogen and oxygen atoms in total. The van der Waals surface area contributed by atoms with Gasteiger partial charge < -0.3 is 5.73 Å². The van der Waals surface area contributed by atoms with Crippen LogP contribution in [-0.4, -0.2) is 15.9 Å². The summed E-state index contributed by atoms with van der Waals surface area (Å²) >= 11 is 0. The van der Waals surface area contributed by atoms with Crippen LogP contribution in [-0.2, 0) is 0 Å². The van der Waals surface area contributed by atoms with Gasteiger partial charge in [0.2, 0.25) is 5.91 Å². The van der Waals surface area contributed by atoms with Gasteiger partial charge in [-0.3, -0.25) is 4.79 Å². The Morgan fingerprint density at radius 3 is 2.13 bits per heavy atom. The van der Waals surface area contributed by atoms with Crippen molar-refractivity contribution in [3.8, 4) is 22.5 Å². The van der Waals surface area contributed by atoms with Crippen molar-refractivity contribution >= 4 is 27.7 Å². The number of hydrogen-bond donors (Lipinski definition) is 1. The second-order valence-electron chi connectivity index (χ2n) is 5.70. The van der Waals surface area contributed by atoms with Crippen molar-refractivity contribution < 1.29 is 4.79 Å². The first-order valence-corrected chi connectivity index (χ1v) is 7.36. The number of amides is 1. The second kappa shape index (κ2) is 4.14. The molecule has 23 heavy (non-hydrogen) atoms. The topological polar surface area (TPSA) is 68.9 Å². The number of nitrogens with zero attached hydrogens (tertiary/aromatic N) is 2. The third-order valence-electron chi connectivity index (χ3n) is 4.36. The number of rotatable bonds is 1. The van der Waals surface area contributed by atoms with Crippen LogP contribution in [0.2, 0.25) is 0 Å². The van der Waals surface area contributed by atoms with E-state index in [0.29, 0.717) is 11.1 Å². The highest BCUT2D eigenvalue weighted by Gasteiger charge is 2.24. The quantitative estimate of drug-likeness (QED) is 0.514.